The summed E-state index contributed by atoms with van der Waals surface area (Å²) in [5.41, 5.74) is 1.51. The summed E-state index contributed by atoms with van der Waals surface area (Å²) >= 11 is 10.2. The highest BCUT2D eigenvalue weighted by Gasteiger charge is 2.09. The van der Waals surface area contributed by atoms with Crippen molar-refractivity contribution in [1.82, 2.24) is 5.16 Å². The van der Waals surface area contributed by atoms with Crippen LogP contribution < -0.4 is 0 Å². The monoisotopic (exact) mass is 211 g/mol. The molecular weight excluding hydrogens is 206 g/mol. The highest BCUT2D eigenvalue weighted by atomic mass is 35.5. The molecule has 0 bridgehead atoms. The van der Waals surface area contributed by atoms with Crippen LogP contribution in [0.5, 0.6) is 0 Å². The third-order valence-electron chi connectivity index (χ3n) is 1.68. The first-order valence-electron chi connectivity index (χ1n) is 3.67. The van der Waals surface area contributed by atoms with E-state index in [4.69, 9.17) is 16.1 Å². The molecule has 0 radical (unpaired) electrons. The number of hydrogen-bond acceptors (Lipinski definition) is 3. The maximum Gasteiger partial charge on any atom is 0.137 e. The number of nitrogens with zero attached hydrogens (tertiary/aromatic N) is 1. The molecule has 66 valence electrons. The summed E-state index contributed by atoms with van der Waals surface area (Å²) in [4.78, 5) is 0.688. The van der Waals surface area contributed by atoms with Crippen molar-refractivity contribution in [3.8, 4) is 11.3 Å². The second kappa shape index (κ2) is 3.44. The smallest absolute Gasteiger partial charge is 0.137 e. The van der Waals surface area contributed by atoms with Crippen molar-refractivity contribution >= 4 is 24.2 Å². The zero-order valence-corrected chi connectivity index (χ0v) is 8.22. The molecule has 13 heavy (non-hydrogen) atoms. The average Bonchev–Trinajstić information content (AvgIpc) is 2.52. The Morgan fingerprint density at radius 2 is 2.08 bits per heavy atom. The first-order chi connectivity index (χ1) is 6.29. The Labute approximate surface area is 85.9 Å². The summed E-state index contributed by atoms with van der Waals surface area (Å²) in [5, 5.41) is 4.46. The lowest BCUT2D eigenvalue weighted by Crippen LogP contribution is -1.79. The van der Waals surface area contributed by atoms with Crippen molar-refractivity contribution in [2.45, 2.75) is 4.90 Å². The number of halogens is 1. The molecule has 2 rings (SSSR count). The molecule has 0 fully saturated rings. The molecule has 0 unspecified atom stereocenters. The SMILES string of the molecule is Sc1conc1-c1ccccc1Cl. The van der Waals surface area contributed by atoms with E-state index in [1.807, 2.05) is 18.2 Å². The maximum absolute atomic E-state index is 5.97. The molecule has 0 atom stereocenters. The van der Waals surface area contributed by atoms with Crippen molar-refractivity contribution in [2.24, 2.45) is 0 Å². The summed E-state index contributed by atoms with van der Waals surface area (Å²) in [6.07, 6.45) is 1.47. The number of aromatic nitrogens is 1. The predicted molar refractivity (Wildman–Crippen MR) is 54.2 cm³/mol. The molecule has 0 N–H and O–H groups in total. The van der Waals surface area contributed by atoms with Crippen molar-refractivity contribution in [3.05, 3.63) is 35.6 Å². The van der Waals surface area contributed by atoms with Gasteiger partial charge in [-0.05, 0) is 6.07 Å². The zero-order chi connectivity index (χ0) is 9.26. The summed E-state index contributed by atoms with van der Waals surface area (Å²) in [6, 6.07) is 7.44. The van der Waals surface area contributed by atoms with E-state index in [0.29, 0.717) is 15.6 Å². The number of rotatable bonds is 1. The molecule has 0 amide bonds. The van der Waals surface area contributed by atoms with E-state index in [9.17, 15) is 0 Å². The van der Waals surface area contributed by atoms with Gasteiger partial charge in [0.1, 0.15) is 12.0 Å². The Morgan fingerprint density at radius 3 is 2.69 bits per heavy atom. The lowest BCUT2D eigenvalue weighted by Gasteiger charge is -1.98. The van der Waals surface area contributed by atoms with Gasteiger partial charge in [0, 0.05) is 5.56 Å². The quantitative estimate of drug-likeness (QED) is 0.733. The van der Waals surface area contributed by atoms with Gasteiger partial charge in [0.05, 0.1) is 9.92 Å². The van der Waals surface area contributed by atoms with Crippen LogP contribution in [0.2, 0.25) is 5.02 Å². The molecule has 0 spiro atoms. The molecular formula is C9H6ClNOS. The molecule has 1 aromatic heterocycles. The fourth-order valence-corrected chi connectivity index (χ4v) is 1.51. The largest absolute Gasteiger partial charge is 0.363 e. The van der Waals surface area contributed by atoms with Gasteiger partial charge in [-0.25, -0.2) is 0 Å². The summed E-state index contributed by atoms with van der Waals surface area (Å²) in [5.74, 6) is 0. The van der Waals surface area contributed by atoms with E-state index in [0.717, 1.165) is 5.56 Å². The van der Waals surface area contributed by atoms with Crippen molar-refractivity contribution in [1.29, 1.82) is 0 Å². The van der Waals surface area contributed by atoms with Crippen LogP contribution in [-0.2, 0) is 0 Å². The Balaban J connectivity index is 2.59. The highest BCUT2D eigenvalue weighted by Crippen LogP contribution is 2.30. The second-order valence-electron chi connectivity index (χ2n) is 2.53. The van der Waals surface area contributed by atoms with E-state index < -0.39 is 0 Å². The molecule has 4 heteroatoms. The van der Waals surface area contributed by atoms with Gasteiger partial charge in [0.25, 0.3) is 0 Å². The average molecular weight is 212 g/mol. The van der Waals surface area contributed by atoms with Crippen LogP contribution in [0.4, 0.5) is 0 Å². The van der Waals surface area contributed by atoms with Gasteiger partial charge in [-0.2, -0.15) is 0 Å². The minimum absolute atomic E-state index is 0.645. The number of thiol groups is 1. The number of hydrogen-bond donors (Lipinski definition) is 1. The summed E-state index contributed by atoms with van der Waals surface area (Å²) in [7, 11) is 0. The van der Waals surface area contributed by atoms with Crippen molar-refractivity contribution in [3.63, 3.8) is 0 Å². The molecule has 1 heterocycles. The van der Waals surface area contributed by atoms with E-state index >= 15 is 0 Å². The minimum atomic E-state index is 0.645. The van der Waals surface area contributed by atoms with Gasteiger partial charge >= 0.3 is 0 Å². The van der Waals surface area contributed by atoms with Crippen LogP contribution in [0.1, 0.15) is 0 Å². The van der Waals surface area contributed by atoms with Gasteiger partial charge in [-0.1, -0.05) is 35.0 Å². The lowest BCUT2D eigenvalue weighted by molar-refractivity contribution is 0.420. The van der Waals surface area contributed by atoms with E-state index in [1.165, 1.54) is 6.26 Å². The first-order valence-corrected chi connectivity index (χ1v) is 4.50. The van der Waals surface area contributed by atoms with Crippen LogP contribution >= 0.6 is 24.2 Å². The van der Waals surface area contributed by atoms with Gasteiger partial charge < -0.3 is 4.52 Å². The van der Waals surface area contributed by atoms with Gasteiger partial charge in [0.2, 0.25) is 0 Å². The predicted octanol–water partition coefficient (Wildman–Crippen LogP) is 3.28. The summed E-state index contributed by atoms with van der Waals surface area (Å²) in [6.45, 7) is 0. The molecule has 0 saturated carbocycles. The highest BCUT2D eigenvalue weighted by molar-refractivity contribution is 7.80. The Hall–Kier alpha value is -0.930. The Morgan fingerprint density at radius 1 is 1.31 bits per heavy atom. The fraction of sp³-hybridized carbons (Fsp3) is 0. The van der Waals surface area contributed by atoms with Crippen molar-refractivity contribution in [2.75, 3.05) is 0 Å². The molecule has 0 aliphatic rings. The van der Waals surface area contributed by atoms with Gasteiger partial charge in [0.15, 0.2) is 0 Å². The fourth-order valence-electron chi connectivity index (χ4n) is 1.07. The molecule has 0 aliphatic heterocycles. The third kappa shape index (κ3) is 1.57. The first kappa shape index (κ1) is 8.66. The minimum Gasteiger partial charge on any atom is -0.363 e. The standard InChI is InChI=1S/C9H6ClNOS/c10-7-4-2-1-3-6(7)9-8(13)5-12-11-9/h1-5,13H. The summed E-state index contributed by atoms with van der Waals surface area (Å²) < 4.78 is 4.77. The molecule has 2 nitrogen and oxygen atoms in total. The Bertz CT molecular complexity index is 427. The second-order valence-corrected chi connectivity index (χ2v) is 3.42. The number of benzene rings is 1. The van der Waals surface area contributed by atoms with Crippen molar-refractivity contribution < 1.29 is 4.52 Å². The molecule has 1 aromatic carbocycles. The zero-order valence-electron chi connectivity index (χ0n) is 6.57. The van der Waals surface area contributed by atoms with E-state index in [2.05, 4.69) is 17.8 Å². The third-order valence-corrected chi connectivity index (χ3v) is 2.33. The van der Waals surface area contributed by atoms with Crippen LogP contribution in [0.3, 0.4) is 0 Å². The van der Waals surface area contributed by atoms with Crippen LogP contribution in [0.15, 0.2) is 39.9 Å². The van der Waals surface area contributed by atoms with Crippen LogP contribution in [0.25, 0.3) is 11.3 Å². The van der Waals surface area contributed by atoms with E-state index in [-0.39, 0.29) is 0 Å². The maximum atomic E-state index is 5.97. The lowest BCUT2D eigenvalue weighted by atomic mass is 10.1. The van der Waals surface area contributed by atoms with Crippen LogP contribution in [0, 0.1) is 0 Å². The van der Waals surface area contributed by atoms with Crippen LogP contribution in [-0.4, -0.2) is 5.16 Å². The molecule has 0 saturated heterocycles. The topological polar surface area (TPSA) is 26.0 Å². The normalized spacial score (nSPS) is 10.3. The molecule has 2 aromatic rings. The Kier molecular flexibility index (Phi) is 2.29. The van der Waals surface area contributed by atoms with Gasteiger partial charge in [-0.3, -0.25) is 0 Å². The molecule has 0 aliphatic carbocycles. The van der Waals surface area contributed by atoms with E-state index in [1.54, 1.807) is 6.07 Å². The van der Waals surface area contributed by atoms with Gasteiger partial charge in [-0.15, -0.1) is 12.6 Å².